The zero-order chi connectivity index (χ0) is 34.2. The van der Waals surface area contributed by atoms with Crippen LogP contribution in [0.4, 0.5) is 0 Å². The van der Waals surface area contributed by atoms with Crippen molar-refractivity contribution in [1.29, 1.82) is 0 Å². The standard InChI is InChI=1S/C48H30N4/c1-3-14-31(15-4-1)33-17-13-18-34(30-33)47-37-22-9-11-24-39(37)49-48(50-47)52-40-25-12-10-23-38(40)45-42(52)28-29-43-46(45)44-36-21-8-7-16-32(36)26-27-41(44)51(43)35-19-5-2-6-20-35/h1-30H. The fourth-order valence-corrected chi connectivity index (χ4v) is 8.26. The fourth-order valence-electron chi connectivity index (χ4n) is 8.26. The quantitative estimate of drug-likeness (QED) is 0.188. The Labute approximate surface area is 299 Å². The van der Waals surface area contributed by atoms with Crippen LogP contribution in [0.3, 0.4) is 0 Å². The molecule has 11 rings (SSSR count). The summed E-state index contributed by atoms with van der Waals surface area (Å²) in [7, 11) is 0. The van der Waals surface area contributed by atoms with Crippen LogP contribution in [0.25, 0.3) is 99.3 Å². The Morgan fingerprint density at radius 1 is 0.346 bits per heavy atom. The van der Waals surface area contributed by atoms with Gasteiger partial charge >= 0.3 is 0 Å². The van der Waals surface area contributed by atoms with Gasteiger partial charge in [0, 0.05) is 38.2 Å². The molecule has 4 nitrogen and oxygen atoms in total. The summed E-state index contributed by atoms with van der Waals surface area (Å²) < 4.78 is 4.67. The molecule has 0 fully saturated rings. The molecule has 0 saturated heterocycles. The molecule has 0 radical (unpaired) electrons. The van der Waals surface area contributed by atoms with E-state index in [1.165, 1.54) is 48.9 Å². The first-order valence-corrected chi connectivity index (χ1v) is 17.7. The van der Waals surface area contributed by atoms with Crippen molar-refractivity contribution in [3.05, 3.63) is 182 Å². The van der Waals surface area contributed by atoms with E-state index in [4.69, 9.17) is 9.97 Å². The Balaban J connectivity index is 1.26. The summed E-state index contributed by atoms with van der Waals surface area (Å²) in [4.78, 5) is 10.7. The van der Waals surface area contributed by atoms with Crippen LogP contribution >= 0.6 is 0 Å². The Hall–Kier alpha value is -7.04. The minimum atomic E-state index is 0.654. The molecule has 3 heterocycles. The molecule has 11 aromatic rings. The summed E-state index contributed by atoms with van der Waals surface area (Å²) in [5, 5.41) is 8.36. The van der Waals surface area contributed by atoms with Crippen LogP contribution in [-0.4, -0.2) is 19.1 Å². The maximum atomic E-state index is 5.44. The SMILES string of the molecule is c1ccc(-c2cccc(-c3nc(-n4c5ccccc5c5c6c7c8ccccc8ccc7n(-c7ccccc7)c6ccc54)nc4ccccc34)c2)cc1. The van der Waals surface area contributed by atoms with Gasteiger partial charge in [0.15, 0.2) is 0 Å². The molecule has 8 aromatic carbocycles. The number of fused-ring (bicyclic) bond motifs is 10. The van der Waals surface area contributed by atoms with Crippen molar-refractivity contribution in [2.24, 2.45) is 0 Å². The first kappa shape index (κ1) is 28.8. The number of rotatable bonds is 4. The molecule has 0 aliphatic heterocycles. The van der Waals surface area contributed by atoms with Gasteiger partial charge in [-0.15, -0.1) is 0 Å². The molecule has 0 bridgehead atoms. The summed E-state index contributed by atoms with van der Waals surface area (Å²) in [6, 6.07) is 64.7. The van der Waals surface area contributed by atoms with Crippen molar-refractivity contribution < 1.29 is 0 Å². The summed E-state index contributed by atoms with van der Waals surface area (Å²) >= 11 is 0. The molecule has 0 aliphatic rings. The van der Waals surface area contributed by atoms with Crippen molar-refractivity contribution >= 4 is 65.3 Å². The van der Waals surface area contributed by atoms with E-state index in [2.05, 4.69) is 191 Å². The average Bonchev–Trinajstić information content (AvgIpc) is 3.74. The third kappa shape index (κ3) is 4.21. The summed E-state index contributed by atoms with van der Waals surface area (Å²) in [6.07, 6.45) is 0. The monoisotopic (exact) mass is 662 g/mol. The highest BCUT2D eigenvalue weighted by molar-refractivity contribution is 6.33. The lowest BCUT2D eigenvalue weighted by atomic mass is 10.00. The lowest BCUT2D eigenvalue weighted by molar-refractivity contribution is 1.01. The number of nitrogens with zero attached hydrogens (tertiary/aromatic N) is 4. The van der Waals surface area contributed by atoms with Crippen molar-refractivity contribution in [1.82, 2.24) is 19.1 Å². The van der Waals surface area contributed by atoms with Gasteiger partial charge in [-0.05, 0) is 70.4 Å². The van der Waals surface area contributed by atoms with E-state index in [-0.39, 0.29) is 0 Å². The summed E-state index contributed by atoms with van der Waals surface area (Å²) in [6.45, 7) is 0. The number of benzene rings is 8. The molecule has 0 atom stereocenters. The van der Waals surface area contributed by atoms with Crippen molar-refractivity contribution in [2.45, 2.75) is 0 Å². The molecule has 0 saturated carbocycles. The van der Waals surface area contributed by atoms with Gasteiger partial charge in [-0.1, -0.05) is 133 Å². The van der Waals surface area contributed by atoms with E-state index >= 15 is 0 Å². The van der Waals surface area contributed by atoms with E-state index in [9.17, 15) is 0 Å². The second kappa shape index (κ2) is 11.2. The molecule has 0 unspecified atom stereocenters. The van der Waals surface area contributed by atoms with Crippen LogP contribution in [-0.2, 0) is 0 Å². The molecule has 0 spiro atoms. The van der Waals surface area contributed by atoms with E-state index in [1.54, 1.807) is 0 Å². The average molecular weight is 663 g/mol. The molecule has 0 aliphatic carbocycles. The zero-order valence-corrected chi connectivity index (χ0v) is 28.1. The second-order valence-corrected chi connectivity index (χ2v) is 13.4. The van der Waals surface area contributed by atoms with Crippen LogP contribution in [0.5, 0.6) is 0 Å². The number of aromatic nitrogens is 4. The number of hydrogen-bond donors (Lipinski definition) is 0. The van der Waals surface area contributed by atoms with Crippen LogP contribution in [0.1, 0.15) is 0 Å². The summed E-state index contributed by atoms with van der Waals surface area (Å²) in [5.41, 5.74) is 10.9. The fraction of sp³-hybridized carbons (Fsp3) is 0. The van der Waals surface area contributed by atoms with Gasteiger partial charge in [0.1, 0.15) is 0 Å². The van der Waals surface area contributed by atoms with E-state index < -0.39 is 0 Å². The van der Waals surface area contributed by atoms with Gasteiger partial charge in [0.05, 0.1) is 33.3 Å². The lowest BCUT2D eigenvalue weighted by Gasteiger charge is -2.13. The first-order chi connectivity index (χ1) is 25.8. The van der Waals surface area contributed by atoms with Crippen molar-refractivity contribution in [2.75, 3.05) is 0 Å². The third-order valence-electron chi connectivity index (χ3n) is 10.5. The minimum Gasteiger partial charge on any atom is -0.309 e. The molecule has 3 aromatic heterocycles. The van der Waals surface area contributed by atoms with E-state index in [0.717, 1.165) is 44.4 Å². The van der Waals surface area contributed by atoms with Crippen LogP contribution < -0.4 is 0 Å². The van der Waals surface area contributed by atoms with Crippen LogP contribution in [0, 0.1) is 0 Å². The van der Waals surface area contributed by atoms with E-state index in [1.807, 2.05) is 0 Å². The van der Waals surface area contributed by atoms with Gasteiger partial charge in [-0.2, -0.15) is 0 Å². The topological polar surface area (TPSA) is 35.6 Å². The Morgan fingerprint density at radius 2 is 0.942 bits per heavy atom. The maximum absolute atomic E-state index is 5.44. The highest BCUT2D eigenvalue weighted by atomic mass is 15.2. The number of para-hydroxylation sites is 3. The molecular weight excluding hydrogens is 633 g/mol. The predicted octanol–water partition coefficient (Wildman–Crippen LogP) is 12.3. The van der Waals surface area contributed by atoms with Crippen LogP contribution in [0.15, 0.2) is 182 Å². The molecule has 4 heteroatoms. The minimum absolute atomic E-state index is 0.654. The van der Waals surface area contributed by atoms with Gasteiger partial charge in [0.2, 0.25) is 5.95 Å². The lowest BCUT2D eigenvalue weighted by Crippen LogP contribution is -2.03. The molecule has 0 amide bonds. The molecule has 52 heavy (non-hydrogen) atoms. The zero-order valence-electron chi connectivity index (χ0n) is 28.1. The predicted molar refractivity (Wildman–Crippen MR) is 217 cm³/mol. The second-order valence-electron chi connectivity index (χ2n) is 13.4. The molecule has 242 valence electrons. The maximum Gasteiger partial charge on any atom is 0.235 e. The highest BCUT2D eigenvalue weighted by Crippen LogP contribution is 2.44. The van der Waals surface area contributed by atoms with Crippen molar-refractivity contribution in [3.63, 3.8) is 0 Å². The van der Waals surface area contributed by atoms with Gasteiger partial charge in [-0.25, -0.2) is 9.97 Å². The Bertz CT molecular complexity index is 3170. The third-order valence-corrected chi connectivity index (χ3v) is 10.5. The van der Waals surface area contributed by atoms with Crippen molar-refractivity contribution in [3.8, 4) is 34.0 Å². The number of hydrogen-bond acceptors (Lipinski definition) is 2. The van der Waals surface area contributed by atoms with Gasteiger partial charge in [-0.3, -0.25) is 4.57 Å². The molecule has 0 N–H and O–H groups in total. The molecular formula is C48H30N4. The normalized spacial score (nSPS) is 11.8. The Kier molecular flexibility index (Phi) is 6.22. The Morgan fingerprint density at radius 3 is 1.79 bits per heavy atom. The van der Waals surface area contributed by atoms with Gasteiger partial charge < -0.3 is 4.57 Å². The largest absolute Gasteiger partial charge is 0.309 e. The van der Waals surface area contributed by atoms with E-state index in [0.29, 0.717) is 5.95 Å². The highest BCUT2D eigenvalue weighted by Gasteiger charge is 2.23. The first-order valence-electron chi connectivity index (χ1n) is 17.7. The smallest absolute Gasteiger partial charge is 0.235 e. The van der Waals surface area contributed by atoms with Gasteiger partial charge in [0.25, 0.3) is 0 Å². The summed E-state index contributed by atoms with van der Waals surface area (Å²) in [5.74, 6) is 0.654. The van der Waals surface area contributed by atoms with Crippen LogP contribution in [0.2, 0.25) is 0 Å².